The molecule has 0 aliphatic heterocycles. The molecule has 0 radical (unpaired) electrons. The van der Waals surface area contributed by atoms with Crippen LogP contribution in [0.3, 0.4) is 0 Å². The van der Waals surface area contributed by atoms with Crippen molar-refractivity contribution in [3.05, 3.63) is 64.7 Å². The van der Waals surface area contributed by atoms with Gasteiger partial charge >= 0.3 is 5.97 Å². The van der Waals surface area contributed by atoms with Gasteiger partial charge in [0, 0.05) is 24.2 Å². The first-order valence-electron chi connectivity index (χ1n) is 7.76. The SMILES string of the molecule is COc1ccccc1CN(C)C(=O)COC(=O)Cc1ccccc1Cl. The van der Waals surface area contributed by atoms with Gasteiger partial charge in [0.15, 0.2) is 6.61 Å². The van der Waals surface area contributed by atoms with E-state index in [1.807, 2.05) is 24.3 Å². The second-order valence-corrected chi connectivity index (χ2v) is 5.90. The molecular formula is C19H20ClNO4. The quantitative estimate of drug-likeness (QED) is 0.711. The number of carbonyl (C=O) groups excluding carboxylic acids is 2. The van der Waals surface area contributed by atoms with Crippen LogP contribution in [-0.2, 0) is 27.3 Å². The van der Waals surface area contributed by atoms with Crippen LogP contribution in [0, 0.1) is 0 Å². The topological polar surface area (TPSA) is 55.8 Å². The Morgan fingerprint density at radius 2 is 1.68 bits per heavy atom. The van der Waals surface area contributed by atoms with Gasteiger partial charge in [-0.2, -0.15) is 0 Å². The Kier molecular flexibility index (Phi) is 6.83. The highest BCUT2D eigenvalue weighted by Crippen LogP contribution is 2.19. The van der Waals surface area contributed by atoms with Crippen LogP contribution in [0.25, 0.3) is 0 Å². The van der Waals surface area contributed by atoms with E-state index in [2.05, 4.69) is 0 Å². The lowest BCUT2D eigenvalue weighted by Gasteiger charge is -2.18. The number of rotatable bonds is 7. The van der Waals surface area contributed by atoms with Crippen molar-refractivity contribution in [3.8, 4) is 5.75 Å². The van der Waals surface area contributed by atoms with Gasteiger partial charge in [-0.1, -0.05) is 48.0 Å². The number of carbonyl (C=O) groups is 2. The summed E-state index contributed by atoms with van der Waals surface area (Å²) in [6, 6.07) is 14.5. The summed E-state index contributed by atoms with van der Waals surface area (Å²) in [6.45, 7) is 0.0554. The van der Waals surface area contributed by atoms with Crippen molar-refractivity contribution in [3.63, 3.8) is 0 Å². The van der Waals surface area contributed by atoms with Gasteiger partial charge < -0.3 is 14.4 Å². The molecule has 6 heteroatoms. The summed E-state index contributed by atoms with van der Waals surface area (Å²) in [5.74, 6) is -0.0802. The lowest BCUT2D eigenvalue weighted by molar-refractivity contribution is -0.151. The molecular weight excluding hydrogens is 342 g/mol. The molecule has 0 atom stereocenters. The third kappa shape index (κ3) is 5.50. The van der Waals surface area contributed by atoms with Crippen LogP contribution >= 0.6 is 11.6 Å². The van der Waals surface area contributed by atoms with Crippen molar-refractivity contribution < 1.29 is 19.1 Å². The van der Waals surface area contributed by atoms with Crippen molar-refractivity contribution in [2.24, 2.45) is 0 Å². The summed E-state index contributed by atoms with van der Waals surface area (Å²) in [5.41, 5.74) is 1.55. The Morgan fingerprint density at radius 1 is 1.04 bits per heavy atom. The molecule has 0 aliphatic carbocycles. The second kappa shape index (κ2) is 9.08. The molecule has 0 fully saturated rings. The molecule has 0 N–H and O–H groups in total. The summed E-state index contributed by atoms with van der Waals surface area (Å²) in [5, 5.41) is 0.499. The smallest absolute Gasteiger partial charge is 0.310 e. The van der Waals surface area contributed by atoms with Crippen LogP contribution < -0.4 is 4.74 Å². The van der Waals surface area contributed by atoms with Crippen molar-refractivity contribution >= 4 is 23.5 Å². The van der Waals surface area contributed by atoms with Crippen LogP contribution in [0.15, 0.2) is 48.5 Å². The molecule has 0 saturated heterocycles. The van der Waals surface area contributed by atoms with E-state index in [1.54, 1.807) is 38.4 Å². The average molecular weight is 362 g/mol. The fourth-order valence-electron chi connectivity index (χ4n) is 2.28. The Hall–Kier alpha value is -2.53. The Labute approximate surface area is 152 Å². The van der Waals surface area contributed by atoms with Crippen molar-refractivity contribution in [2.45, 2.75) is 13.0 Å². The molecule has 0 bridgehead atoms. The van der Waals surface area contributed by atoms with E-state index in [9.17, 15) is 9.59 Å². The maximum atomic E-state index is 12.2. The molecule has 0 heterocycles. The molecule has 1 amide bonds. The third-order valence-corrected chi connectivity index (χ3v) is 4.04. The highest BCUT2D eigenvalue weighted by atomic mass is 35.5. The lowest BCUT2D eigenvalue weighted by Crippen LogP contribution is -2.31. The molecule has 132 valence electrons. The van der Waals surface area contributed by atoms with Crippen molar-refractivity contribution in [1.29, 1.82) is 0 Å². The maximum Gasteiger partial charge on any atom is 0.310 e. The van der Waals surface area contributed by atoms with Gasteiger partial charge in [0.2, 0.25) is 0 Å². The first kappa shape index (κ1) is 18.8. The van der Waals surface area contributed by atoms with E-state index >= 15 is 0 Å². The number of esters is 1. The fraction of sp³-hybridized carbons (Fsp3) is 0.263. The lowest BCUT2D eigenvalue weighted by atomic mass is 10.1. The molecule has 0 aliphatic rings. The zero-order valence-corrected chi connectivity index (χ0v) is 15.0. The summed E-state index contributed by atoms with van der Waals surface area (Å²) < 4.78 is 10.3. The van der Waals surface area contributed by atoms with Gasteiger partial charge in [-0.05, 0) is 17.7 Å². The highest BCUT2D eigenvalue weighted by Gasteiger charge is 2.15. The van der Waals surface area contributed by atoms with Gasteiger partial charge in [-0.3, -0.25) is 9.59 Å². The molecule has 25 heavy (non-hydrogen) atoms. The van der Waals surface area contributed by atoms with Gasteiger partial charge in [0.25, 0.3) is 5.91 Å². The zero-order valence-electron chi connectivity index (χ0n) is 14.2. The normalized spacial score (nSPS) is 10.2. The van der Waals surface area contributed by atoms with Gasteiger partial charge in [-0.15, -0.1) is 0 Å². The molecule has 2 aromatic rings. The number of hydrogen-bond donors (Lipinski definition) is 0. The standard InChI is InChI=1S/C19H20ClNO4/c1-21(12-15-8-4-6-10-17(15)24-2)18(22)13-25-19(23)11-14-7-3-5-9-16(14)20/h3-10H,11-13H2,1-2H3. The van der Waals surface area contributed by atoms with Crippen molar-refractivity contribution in [2.75, 3.05) is 20.8 Å². The summed E-state index contributed by atoms with van der Waals surface area (Å²) in [6.07, 6.45) is 0.0309. The van der Waals surface area contributed by atoms with E-state index in [1.165, 1.54) is 4.90 Å². The predicted octanol–water partition coefficient (Wildman–Crippen LogP) is 3.09. The first-order chi connectivity index (χ1) is 12.0. The minimum absolute atomic E-state index is 0.0309. The number of methoxy groups -OCH3 is 1. The Morgan fingerprint density at radius 3 is 2.36 bits per heavy atom. The molecule has 2 rings (SSSR count). The number of benzene rings is 2. The summed E-state index contributed by atoms with van der Waals surface area (Å²) in [4.78, 5) is 25.5. The van der Waals surface area contributed by atoms with E-state index in [0.29, 0.717) is 22.9 Å². The zero-order chi connectivity index (χ0) is 18.2. The van der Waals surface area contributed by atoms with Crippen LogP contribution in [0.2, 0.25) is 5.02 Å². The fourth-order valence-corrected chi connectivity index (χ4v) is 2.48. The summed E-state index contributed by atoms with van der Waals surface area (Å²) in [7, 11) is 3.23. The number of amides is 1. The van der Waals surface area contributed by atoms with E-state index < -0.39 is 5.97 Å². The van der Waals surface area contributed by atoms with E-state index in [4.69, 9.17) is 21.1 Å². The average Bonchev–Trinajstić information content (AvgIpc) is 2.62. The van der Waals surface area contributed by atoms with Gasteiger partial charge in [0.05, 0.1) is 13.5 Å². The largest absolute Gasteiger partial charge is 0.496 e. The first-order valence-corrected chi connectivity index (χ1v) is 8.14. The van der Waals surface area contributed by atoms with Crippen molar-refractivity contribution in [1.82, 2.24) is 4.90 Å². The second-order valence-electron chi connectivity index (χ2n) is 5.49. The number of halogens is 1. The van der Waals surface area contributed by atoms with E-state index in [0.717, 1.165) is 5.56 Å². The van der Waals surface area contributed by atoms with Crippen LogP contribution in [0.4, 0.5) is 0 Å². The Bertz CT molecular complexity index is 748. The van der Waals surface area contributed by atoms with Gasteiger partial charge in [-0.25, -0.2) is 0 Å². The molecule has 0 aromatic heterocycles. The number of hydrogen-bond acceptors (Lipinski definition) is 4. The minimum atomic E-state index is -0.493. The summed E-state index contributed by atoms with van der Waals surface area (Å²) >= 11 is 6.01. The third-order valence-electron chi connectivity index (χ3n) is 3.68. The minimum Gasteiger partial charge on any atom is -0.496 e. The number of likely N-dealkylation sites (N-methyl/N-ethyl adjacent to an activating group) is 1. The maximum absolute atomic E-state index is 12.2. The number of ether oxygens (including phenoxy) is 2. The van der Waals surface area contributed by atoms with Crippen LogP contribution in [0.1, 0.15) is 11.1 Å². The molecule has 5 nitrogen and oxygen atoms in total. The number of para-hydroxylation sites is 1. The molecule has 0 spiro atoms. The monoisotopic (exact) mass is 361 g/mol. The van der Waals surface area contributed by atoms with Crippen LogP contribution in [0.5, 0.6) is 5.75 Å². The predicted molar refractivity (Wildman–Crippen MR) is 95.6 cm³/mol. The van der Waals surface area contributed by atoms with E-state index in [-0.39, 0.29) is 18.9 Å². The Balaban J connectivity index is 1.85. The number of nitrogens with zero attached hydrogens (tertiary/aromatic N) is 1. The highest BCUT2D eigenvalue weighted by molar-refractivity contribution is 6.31. The van der Waals surface area contributed by atoms with Gasteiger partial charge in [0.1, 0.15) is 5.75 Å². The van der Waals surface area contributed by atoms with Crippen LogP contribution in [-0.4, -0.2) is 37.5 Å². The molecule has 2 aromatic carbocycles. The molecule has 0 saturated carbocycles. The molecule has 0 unspecified atom stereocenters.